The van der Waals surface area contributed by atoms with E-state index in [2.05, 4.69) is 10.6 Å². The molecule has 0 spiro atoms. The summed E-state index contributed by atoms with van der Waals surface area (Å²) in [6.45, 7) is -0.278. The maximum Gasteiger partial charge on any atom is 0.156 e. The predicted molar refractivity (Wildman–Crippen MR) is 89.2 cm³/mol. The molecule has 2 saturated heterocycles. The monoisotopic (exact) mass is 372 g/mol. The highest BCUT2D eigenvalue weighted by Gasteiger charge is 2.39. The first-order valence-corrected chi connectivity index (χ1v) is 8.32. The van der Waals surface area contributed by atoms with Crippen LogP contribution in [-0.4, -0.2) is 92.9 Å². The fourth-order valence-electron chi connectivity index (χ4n) is 2.91. The van der Waals surface area contributed by atoms with Gasteiger partial charge in [-0.05, 0) is 12.1 Å². The van der Waals surface area contributed by atoms with Crippen LogP contribution in [0.25, 0.3) is 0 Å². The van der Waals surface area contributed by atoms with Crippen molar-refractivity contribution in [2.75, 3.05) is 23.8 Å². The summed E-state index contributed by atoms with van der Waals surface area (Å²) < 4.78 is 10.6. The van der Waals surface area contributed by atoms with E-state index in [1.165, 1.54) is 0 Å². The second kappa shape index (κ2) is 8.03. The van der Waals surface area contributed by atoms with Crippen molar-refractivity contribution >= 4 is 11.4 Å². The van der Waals surface area contributed by atoms with Crippen molar-refractivity contribution in [3.63, 3.8) is 0 Å². The number of anilines is 2. The first kappa shape index (κ1) is 19.3. The van der Waals surface area contributed by atoms with Crippen molar-refractivity contribution in [3.05, 3.63) is 24.3 Å². The SMILES string of the molecule is O[C@@H]1[C@H](O)[C@H](Nc2ccccc2N[C@H]2OC[C@@H](O)[C@@H](O)[C@H]2O)OC[C@@H]1O. The Morgan fingerprint density at radius 3 is 1.42 bits per heavy atom. The molecule has 2 heterocycles. The average molecular weight is 372 g/mol. The molecule has 2 aliphatic rings. The van der Waals surface area contributed by atoms with E-state index in [4.69, 9.17) is 9.47 Å². The molecule has 8 N–H and O–H groups in total. The van der Waals surface area contributed by atoms with Gasteiger partial charge >= 0.3 is 0 Å². The molecule has 0 aromatic heterocycles. The normalized spacial score (nSPS) is 40.8. The van der Waals surface area contributed by atoms with E-state index in [0.29, 0.717) is 11.4 Å². The lowest BCUT2D eigenvalue weighted by atomic mass is 10.0. The second-order valence-corrected chi connectivity index (χ2v) is 6.44. The molecule has 0 radical (unpaired) electrons. The van der Waals surface area contributed by atoms with Crippen LogP contribution in [0.1, 0.15) is 0 Å². The van der Waals surface area contributed by atoms with Gasteiger partial charge in [-0.1, -0.05) is 12.1 Å². The molecule has 0 unspecified atom stereocenters. The number of hydrogen-bond donors (Lipinski definition) is 8. The second-order valence-electron chi connectivity index (χ2n) is 6.44. The van der Waals surface area contributed by atoms with Gasteiger partial charge in [-0.2, -0.15) is 0 Å². The van der Waals surface area contributed by atoms with Crippen molar-refractivity contribution < 1.29 is 40.1 Å². The third kappa shape index (κ3) is 3.92. The van der Waals surface area contributed by atoms with Gasteiger partial charge in [0, 0.05) is 0 Å². The number of rotatable bonds is 4. The Bertz CT molecular complexity index is 554. The van der Waals surface area contributed by atoms with Crippen LogP contribution in [0.4, 0.5) is 11.4 Å². The first-order chi connectivity index (χ1) is 12.4. The molecule has 146 valence electrons. The van der Waals surface area contributed by atoms with Gasteiger partial charge in [-0.15, -0.1) is 0 Å². The lowest BCUT2D eigenvalue weighted by Gasteiger charge is -2.38. The van der Waals surface area contributed by atoms with E-state index >= 15 is 0 Å². The molecule has 0 amide bonds. The Kier molecular flexibility index (Phi) is 5.95. The number of aliphatic hydroxyl groups excluding tert-OH is 6. The summed E-state index contributed by atoms with van der Waals surface area (Å²) in [6.07, 6.45) is -9.64. The third-order valence-electron chi connectivity index (χ3n) is 4.52. The number of benzene rings is 1. The minimum absolute atomic E-state index is 0.139. The van der Waals surface area contributed by atoms with E-state index in [9.17, 15) is 30.6 Å². The van der Waals surface area contributed by atoms with Gasteiger partial charge in [0.05, 0.1) is 24.6 Å². The van der Waals surface area contributed by atoms with Crippen molar-refractivity contribution in [2.24, 2.45) is 0 Å². The van der Waals surface area contributed by atoms with Crippen LogP contribution in [0.2, 0.25) is 0 Å². The Balaban J connectivity index is 1.71. The summed E-state index contributed by atoms with van der Waals surface area (Å²) in [4.78, 5) is 0. The van der Waals surface area contributed by atoms with Crippen LogP contribution < -0.4 is 10.6 Å². The van der Waals surface area contributed by atoms with Crippen LogP contribution in [0, 0.1) is 0 Å². The Morgan fingerprint density at radius 2 is 1.04 bits per heavy atom. The number of nitrogens with one attached hydrogen (secondary N) is 2. The molecule has 1 aromatic carbocycles. The van der Waals surface area contributed by atoms with Gasteiger partial charge in [0.25, 0.3) is 0 Å². The van der Waals surface area contributed by atoms with Crippen LogP contribution in [0.5, 0.6) is 0 Å². The average Bonchev–Trinajstić information content (AvgIpc) is 2.64. The zero-order chi connectivity index (χ0) is 18.8. The van der Waals surface area contributed by atoms with E-state index < -0.39 is 49.1 Å². The summed E-state index contributed by atoms with van der Waals surface area (Å²) in [6, 6.07) is 6.81. The smallest absolute Gasteiger partial charge is 0.156 e. The van der Waals surface area contributed by atoms with Crippen LogP contribution in [0.3, 0.4) is 0 Å². The Morgan fingerprint density at radius 1 is 0.654 bits per heavy atom. The highest BCUT2D eigenvalue weighted by Crippen LogP contribution is 2.27. The molecule has 0 bridgehead atoms. The van der Waals surface area contributed by atoms with Gasteiger partial charge in [0.2, 0.25) is 0 Å². The van der Waals surface area contributed by atoms with Crippen molar-refractivity contribution in [3.8, 4) is 0 Å². The molecule has 10 heteroatoms. The summed E-state index contributed by atoms with van der Waals surface area (Å²) in [5.41, 5.74) is 0.966. The van der Waals surface area contributed by atoms with Crippen molar-refractivity contribution in [2.45, 2.75) is 49.1 Å². The quantitative estimate of drug-likeness (QED) is 0.281. The van der Waals surface area contributed by atoms with Gasteiger partial charge in [-0.3, -0.25) is 0 Å². The number of para-hydroxylation sites is 2. The standard InChI is InChI=1S/C16H24N2O8/c19-9-5-25-15(13(23)11(9)21)17-7-3-1-2-4-8(7)18-16-14(24)12(22)10(20)6-26-16/h1-4,9-24H,5-6H2/t9-,10+,11-,12+,13-,14+,15+,16-. The minimum Gasteiger partial charge on any atom is -0.388 e. The summed E-state index contributed by atoms with van der Waals surface area (Å²) in [5.74, 6) is 0. The van der Waals surface area contributed by atoms with Crippen molar-refractivity contribution in [1.29, 1.82) is 0 Å². The number of ether oxygens (including phenoxy) is 2. The van der Waals surface area contributed by atoms with E-state index in [1.54, 1.807) is 24.3 Å². The lowest BCUT2D eigenvalue weighted by molar-refractivity contribution is -0.179. The minimum atomic E-state index is -1.35. The Hall–Kier alpha value is -1.50. The summed E-state index contributed by atoms with van der Waals surface area (Å²) in [7, 11) is 0. The molecule has 1 aromatic rings. The first-order valence-electron chi connectivity index (χ1n) is 8.32. The van der Waals surface area contributed by atoms with E-state index in [0.717, 1.165) is 0 Å². The fourth-order valence-corrected chi connectivity index (χ4v) is 2.91. The zero-order valence-corrected chi connectivity index (χ0v) is 13.8. The predicted octanol–water partition coefficient (Wildman–Crippen LogP) is -2.61. The van der Waals surface area contributed by atoms with E-state index in [-0.39, 0.29) is 13.2 Å². The molecule has 10 nitrogen and oxygen atoms in total. The largest absolute Gasteiger partial charge is 0.388 e. The molecule has 2 fully saturated rings. The molecular formula is C16H24N2O8. The molecular weight excluding hydrogens is 348 g/mol. The maximum absolute atomic E-state index is 10.0. The molecule has 26 heavy (non-hydrogen) atoms. The third-order valence-corrected chi connectivity index (χ3v) is 4.52. The highest BCUT2D eigenvalue weighted by molar-refractivity contribution is 5.69. The van der Waals surface area contributed by atoms with Gasteiger partial charge in [-0.25, -0.2) is 0 Å². The van der Waals surface area contributed by atoms with Gasteiger partial charge in [0.15, 0.2) is 12.5 Å². The molecule has 0 saturated carbocycles. The van der Waals surface area contributed by atoms with Crippen LogP contribution >= 0.6 is 0 Å². The van der Waals surface area contributed by atoms with Gasteiger partial charge < -0.3 is 50.7 Å². The number of hydrogen-bond acceptors (Lipinski definition) is 10. The molecule has 3 rings (SSSR count). The lowest BCUT2D eigenvalue weighted by Crippen LogP contribution is -2.56. The summed E-state index contributed by atoms with van der Waals surface area (Å²) >= 11 is 0. The fraction of sp³-hybridized carbons (Fsp3) is 0.625. The van der Waals surface area contributed by atoms with Crippen molar-refractivity contribution in [1.82, 2.24) is 0 Å². The maximum atomic E-state index is 10.0. The molecule has 2 aliphatic heterocycles. The van der Waals surface area contributed by atoms with Crippen LogP contribution in [0.15, 0.2) is 24.3 Å². The molecule has 8 atom stereocenters. The van der Waals surface area contributed by atoms with Gasteiger partial charge in [0.1, 0.15) is 36.6 Å². The number of aliphatic hydroxyl groups is 6. The summed E-state index contributed by atoms with van der Waals surface area (Å²) in [5, 5.41) is 64.5. The zero-order valence-electron chi connectivity index (χ0n) is 13.8. The Labute approximate surface area is 149 Å². The van der Waals surface area contributed by atoms with E-state index in [1.807, 2.05) is 0 Å². The topological polar surface area (TPSA) is 164 Å². The van der Waals surface area contributed by atoms with Crippen LogP contribution in [-0.2, 0) is 9.47 Å². The highest BCUT2D eigenvalue weighted by atomic mass is 16.5. The molecule has 0 aliphatic carbocycles.